The number of morpholine rings is 2. The summed E-state index contributed by atoms with van der Waals surface area (Å²) in [5.41, 5.74) is 2.75. The summed E-state index contributed by atoms with van der Waals surface area (Å²) in [7, 11) is 0. The van der Waals surface area contributed by atoms with Crippen LogP contribution in [0.25, 0.3) is 5.65 Å². The average Bonchev–Trinajstić information content (AvgIpc) is 3.16. The number of benzene rings is 1. The van der Waals surface area contributed by atoms with Crippen molar-refractivity contribution in [1.29, 1.82) is 5.26 Å². The van der Waals surface area contributed by atoms with E-state index < -0.39 is 0 Å². The average molecular weight is 403 g/mol. The molecule has 7 heteroatoms. The molecule has 2 bridgehead atoms. The molecule has 0 aliphatic carbocycles. The van der Waals surface area contributed by atoms with Crippen LogP contribution in [0.15, 0.2) is 54.9 Å². The Labute approximate surface area is 176 Å². The van der Waals surface area contributed by atoms with E-state index in [1.165, 1.54) is 0 Å². The van der Waals surface area contributed by atoms with E-state index in [2.05, 4.69) is 26.5 Å². The third-order valence-corrected chi connectivity index (χ3v) is 5.69. The smallest absolute Gasteiger partial charge is 0.137 e. The first-order valence-corrected chi connectivity index (χ1v) is 10.4. The molecular formula is C23H25N5O2. The maximum absolute atomic E-state index is 8.87. The Morgan fingerprint density at radius 1 is 1.03 bits per heavy atom. The number of hydrogen-bond donors (Lipinski definition) is 0. The van der Waals surface area contributed by atoms with Gasteiger partial charge in [-0.1, -0.05) is 6.07 Å². The quantitative estimate of drug-likeness (QED) is 0.629. The predicted molar refractivity (Wildman–Crippen MR) is 112 cm³/mol. The number of imidazole rings is 1. The van der Waals surface area contributed by atoms with Gasteiger partial charge in [0.2, 0.25) is 0 Å². The van der Waals surface area contributed by atoms with Gasteiger partial charge in [-0.15, -0.1) is 0 Å². The summed E-state index contributed by atoms with van der Waals surface area (Å²) in [5.74, 6) is 0.807. The molecule has 0 radical (unpaired) electrons. The standard InChI is InChI=1S/C23H25N5O2/c24-11-18-4-6-20(7-5-18)29-10-9-26-14-21-16-27(17-22(15-26)30-21)12-19-13-28-8-2-1-3-23(28)25-19/h1-8,13,21-22H,9-10,12,14-17H2. The number of ether oxygens (including phenoxy) is 2. The minimum absolute atomic E-state index is 0.226. The van der Waals surface area contributed by atoms with Crippen LogP contribution in [0.4, 0.5) is 0 Å². The highest BCUT2D eigenvalue weighted by Crippen LogP contribution is 2.21. The van der Waals surface area contributed by atoms with Crippen molar-refractivity contribution in [3.63, 3.8) is 0 Å². The van der Waals surface area contributed by atoms with Gasteiger partial charge in [-0.05, 0) is 36.4 Å². The summed E-state index contributed by atoms with van der Waals surface area (Å²) in [5, 5.41) is 8.87. The number of nitriles is 1. The molecule has 0 amide bonds. The van der Waals surface area contributed by atoms with Gasteiger partial charge in [0, 0.05) is 51.7 Å². The molecule has 4 heterocycles. The lowest BCUT2D eigenvalue weighted by molar-refractivity contribution is -0.141. The summed E-state index contributed by atoms with van der Waals surface area (Å²) in [6.45, 7) is 6.08. The predicted octanol–water partition coefficient (Wildman–Crippen LogP) is 2.17. The van der Waals surface area contributed by atoms with Crippen molar-refractivity contribution >= 4 is 5.65 Å². The molecule has 2 unspecified atom stereocenters. The van der Waals surface area contributed by atoms with Gasteiger partial charge in [0.15, 0.2) is 0 Å². The van der Waals surface area contributed by atoms with E-state index in [4.69, 9.17) is 19.7 Å². The van der Waals surface area contributed by atoms with E-state index in [1.54, 1.807) is 12.1 Å². The maximum atomic E-state index is 8.87. The van der Waals surface area contributed by atoms with E-state index in [0.717, 1.165) is 56.4 Å². The molecule has 0 N–H and O–H groups in total. The Kier molecular flexibility index (Phi) is 5.37. The first kappa shape index (κ1) is 19.1. The van der Waals surface area contributed by atoms with Crippen molar-refractivity contribution in [2.45, 2.75) is 18.8 Å². The molecular weight excluding hydrogens is 378 g/mol. The highest BCUT2D eigenvalue weighted by molar-refractivity contribution is 5.39. The second-order valence-corrected chi connectivity index (χ2v) is 8.02. The number of rotatable bonds is 6. The lowest BCUT2D eigenvalue weighted by Crippen LogP contribution is -2.59. The molecule has 154 valence electrons. The zero-order valence-electron chi connectivity index (χ0n) is 16.9. The summed E-state index contributed by atoms with van der Waals surface area (Å²) < 4.78 is 14.1. The number of fused-ring (bicyclic) bond motifs is 3. The van der Waals surface area contributed by atoms with E-state index in [1.807, 2.05) is 36.5 Å². The Hall–Kier alpha value is -2.92. The van der Waals surface area contributed by atoms with Gasteiger partial charge in [-0.25, -0.2) is 4.98 Å². The Morgan fingerprint density at radius 3 is 2.53 bits per heavy atom. The maximum Gasteiger partial charge on any atom is 0.137 e. The molecule has 2 aliphatic heterocycles. The van der Waals surface area contributed by atoms with E-state index in [9.17, 15) is 0 Å². The highest BCUT2D eigenvalue weighted by atomic mass is 16.5. The minimum atomic E-state index is 0.226. The lowest BCUT2D eigenvalue weighted by Gasteiger charge is -2.45. The molecule has 2 aromatic heterocycles. The third kappa shape index (κ3) is 4.31. The van der Waals surface area contributed by atoms with Crippen molar-refractivity contribution in [2.75, 3.05) is 39.3 Å². The van der Waals surface area contributed by atoms with Gasteiger partial charge in [0.1, 0.15) is 18.0 Å². The first-order chi connectivity index (χ1) is 14.7. The molecule has 2 aliphatic rings. The molecule has 1 aromatic carbocycles. The van der Waals surface area contributed by atoms with E-state index in [0.29, 0.717) is 12.2 Å². The fourth-order valence-corrected chi connectivity index (χ4v) is 4.38. The number of aromatic nitrogens is 2. The summed E-state index contributed by atoms with van der Waals surface area (Å²) >= 11 is 0. The summed E-state index contributed by atoms with van der Waals surface area (Å²) in [6, 6.07) is 15.5. The monoisotopic (exact) mass is 403 g/mol. The molecule has 0 spiro atoms. The summed E-state index contributed by atoms with van der Waals surface area (Å²) in [4.78, 5) is 9.63. The Morgan fingerprint density at radius 2 is 1.80 bits per heavy atom. The zero-order chi connectivity index (χ0) is 20.3. The topological polar surface area (TPSA) is 66.0 Å². The SMILES string of the molecule is N#Cc1ccc(OCCN2CC3CN(Cc4cn5ccccc5n4)CC(C2)O3)cc1. The van der Waals surface area contributed by atoms with Crippen LogP contribution >= 0.6 is 0 Å². The fourth-order valence-electron chi connectivity index (χ4n) is 4.38. The molecule has 5 rings (SSSR count). The second-order valence-electron chi connectivity index (χ2n) is 8.02. The van der Waals surface area contributed by atoms with Crippen molar-refractivity contribution in [1.82, 2.24) is 19.2 Å². The van der Waals surface area contributed by atoms with Gasteiger partial charge in [-0.3, -0.25) is 9.80 Å². The van der Waals surface area contributed by atoms with Crippen molar-refractivity contribution in [2.24, 2.45) is 0 Å². The van der Waals surface area contributed by atoms with Gasteiger partial charge in [0.25, 0.3) is 0 Å². The van der Waals surface area contributed by atoms with E-state index in [-0.39, 0.29) is 12.2 Å². The number of nitrogens with zero attached hydrogens (tertiary/aromatic N) is 5. The van der Waals surface area contributed by atoms with Crippen LogP contribution in [0.1, 0.15) is 11.3 Å². The zero-order valence-corrected chi connectivity index (χ0v) is 16.9. The molecule has 2 fully saturated rings. The van der Waals surface area contributed by atoms with Crippen LogP contribution < -0.4 is 4.74 Å². The van der Waals surface area contributed by atoms with Gasteiger partial charge in [0.05, 0.1) is 29.5 Å². The number of hydrogen-bond acceptors (Lipinski definition) is 6. The van der Waals surface area contributed by atoms with Crippen molar-refractivity contribution < 1.29 is 9.47 Å². The minimum Gasteiger partial charge on any atom is -0.492 e. The highest BCUT2D eigenvalue weighted by Gasteiger charge is 2.34. The van der Waals surface area contributed by atoms with E-state index >= 15 is 0 Å². The van der Waals surface area contributed by atoms with Gasteiger partial charge < -0.3 is 13.9 Å². The second kappa shape index (κ2) is 8.44. The third-order valence-electron chi connectivity index (χ3n) is 5.69. The largest absolute Gasteiger partial charge is 0.492 e. The van der Waals surface area contributed by atoms with Gasteiger partial charge >= 0.3 is 0 Å². The summed E-state index contributed by atoms with van der Waals surface area (Å²) in [6.07, 6.45) is 4.61. The Balaban J connectivity index is 1.11. The lowest BCUT2D eigenvalue weighted by atomic mass is 10.1. The Bertz CT molecular complexity index is 995. The fraction of sp³-hybridized carbons (Fsp3) is 0.391. The van der Waals surface area contributed by atoms with Crippen LogP contribution in [0.3, 0.4) is 0 Å². The van der Waals surface area contributed by atoms with Crippen LogP contribution in [0, 0.1) is 11.3 Å². The van der Waals surface area contributed by atoms with Crippen molar-refractivity contribution in [3.05, 3.63) is 66.1 Å². The normalized spacial score (nSPS) is 22.1. The molecule has 30 heavy (non-hydrogen) atoms. The molecule has 2 atom stereocenters. The van der Waals surface area contributed by atoms with Gasteiger partial charge in [-0.2, -0.15) is 5.26 Å². The molecule has 3 aromatic rings. The number of pyridine rings is 1. The molecule has 7 nitrogen and oxygen atoms in total. The van der Waals surface area contributed by atoms with Crippen LogP contribution in [0.2, 0.25) is 0 Å². The molecule has 0 saturated carbocycles. The van der Waals surface area contributed by atoms with Crippen LogP contribution in [-0.2, 0) is 11.3 Å². The molecule has 2 saturated heterocycles. The van der Waals surface area contributed by atoms with Crippen molar-refractivity contribution in [3.8, 4) is 11.8 Å². The van der Waals surface area contributed by atoms with Crippen LogP contribution in [-0.4, -0.2) is 70.7 Å². The van der Waals surface area contributed by atoms with Crippen LogP contribution in [0.5, 0.6) is 5.75 Å². The first-order valence-electron chi connectivity index (χ1n) is 10.4.